The summed E-state index contributed by atoms with van der Waals surface area (Å²) in [5.41, 5.74) is 0. The number of nitrogens with zero attached hydrogens (tertiary/aromatic N) is 1. The van der Waals surface area contributed by atoms with Crippen LogP contribution in [0, 0.1) is 0 Å². The minimum absolute atomic E-state index is 0.0423. The second kappa shape index (κ2) is 37.0. The molecule has 0 saturated heterocycles. The zero-order valence-corrected chi connectivity index (χ0v) is 35.2. The van der Waals surface area contributed by atoms with Gasteiger partial charge in [0, 0.05) is 19.3 Å². The van der Waals surface area contributed by atoms with Gasteiger partial charge in [0.1, 0.15) is 6.61 Å². The highest BCUT2D eigenvalue weighted by Crippen LogP contribution is 2.14. The number of carbonyl (C=O) groups is 3. The topological polar surface area (TPSA) is 99.1 Å². The Hall–Kier alpha value is -2.97. The van der Waals surface area contributed by atoms with Crippen LogP contribution in [0.3, 0.4) is 0 Å². The van der Waals surface area contributed by atoms with Crippen LogP contribution in [0.2, 0.25) is 0 Å². The Kier molecular flexibility index (Phi) is 34.9. The van der Waals surface area contributed by atoms with E-state index in [-0.39, 0.29) is 42.7 Å². The molecule has 2 unspecified atom stereocenters. The number of carboxylic acids is 1. The van der Waals surface area contributed by atoms with Crippen molar-refractivity contribution in [2.45, 2.75) is 174 Å². The molecule has 0 fully saturated rings. The molecule has 0 saturated carbocycles. The molecule has 0 radical (unpaired) electrons. The molecule has 0 heterocycles. The minimum atomic E-state index is -0.884. The summed E-state index contributed by atoms with van der Waals surface area (Å²) < 4.78 is 17.1. The molecule has 2 atom stereocenters. The number of quaternary nitrogens is 1. The molecule has 0 aromatic rings. The normalized spacial score (nSPS) is 13.6. The van der Waals surface area contributed by atoms with Gasteiger partial charge in [-0.25, -0.2) is 4.79 Å². The predicted octanol–water partition coefficient (Wildman–Crippen LogP) is 11.4. The standard InChI is InChI=1S/C46H79NO7/c1-6-8-10-12-14-15-16-17-18-19-20-21-22-23-24-25-26-27-28-29-31-32-34-36-44(48)53-41-42(40-52-39-38-43(46(50)51)47(3,4)5)54-45(49)37-35-33-30-13-11-9-7-2/h8,10,14-15,17-18,20-21,30,33,42-43H,6-7,9,11-13,16,19,22-29,31-32,34-41H2,1-5H3/p+1/b10-8+,15-14+,18-17+,21-20+,33-30+. The van der Waals surface area contributed by atoms with Crippen molar-refractivity contribution in [2.75, 3.05) is 41.0 Å². The summed E-state index contributed by atoms with van der Waals surface area (Å²) in [4.78, 5) is 36.7. The molecule has 0 rings (SSSR count). The van der Waals surface area contributed by atoms with Gasteiger partial charge >= 0.3 is 17.9 Å². The van der Waals surface area contributed by atoms with Crippen LogP contribution in [0.4, 0.5) is 0 Å². The van der Waals surface area contributed by atoms with Crippen molar-refractivity contribution in [1.82, 2.24) is 0 Å². The molecule has 0 aliphatic heterocycles. The number of rotatable bonds is 37. The first-order valence-electron chi connectivity index (χ1n) is 21.3. The molecule has 54 heavy (non-hydrogen) atoms. The highest BCUT2D eigenvalue weighted by molar-refractivity contribution is 5.72. The maximum atomic E-state index is 12.5. The fourth-order valence-electron chi connectivity index (χ4n) is 5.86. The van der Waals surface area contributed by atoms with E-state index in [4.69, 9.17) is 14.2 Å². The lowest BCUT2D eigenvalue weighted by molar-refractivity contribution is -0.887. The third kappa shape index (κ3) is 34.8. The van der Waals surface area contributed by atoms with E-state index < -0.39 is 18.1 Å². The van der Waals surface area contributed by atoms with Gasteiger partial charge in [-0.3, -0.25) is 9.59 Å². The van der Waals surface area contributed by atoms with Crippen molar-refractivity contribution in [3.8, 4) is 0 Å². The zero-order chi connectivity index (χ0) is 40.0. The summed E-state index contributed by atoms with van der Waals surface area (Å²) >= 11 is 0. The first-order valence-corrected chi connectivity index (χ1v) is 21.3. The number of ether oxygens (including phenoxy) is 3. The molecule has 0 bridgehead atoms. The Morgan fingerprint density at radius 1 is 0.574 bits per heavy atom. The van der Waals surface area contributed by atoms with Crippen LogP contribution in [-0.2, 0) is 28.6 Å². The van der Waals surface area contributed by atoms with Crippen molar-refractivity contribution in [1.29, 1.82) is 0 Å². The monoisotopic (exact) mass is 759 g/mol. The first kappa shape index (κ1) is 51.0. The minimum Gasteiger partial charge on any atom is -0.477 e. The summed E-state index contributed by atoms with van der Waals surface area (Å²) in [6.07, 6.45) is 44.4. The number of esters is 2. The SMILES string of the molecule is CC/C=C/C/C=C/C/C=C/C/C=C/CCCCCCCCCCCCC(=O)OCC(COCCC(C(=O)O)[N+](C)(C)C)OC(=O)CC/C=C/CCCCC. The number of unbranched alkanes of at least 4 members (excludes halogenated alkanes) is 13. The highest BCUT2D eigenvalue weighted by atomic mass is 16.6. The van der Waals surface area contributed by atoms with Crippen LogP contribution in [0.15, 0.2) is 60.8 Å². The zero-order valence-electron chi connectivity index (χ0n) is 35.2. The average molecular weight is 759 g/mol. The third-order valence-electron chi connectivity index (χ3n) is 9.16. The smallest absolute Gasteiger partial charge is 0.362 e. The van der Waals surface area contributed by atoms with Gasteiger partial charge in [0.15, 0.2) is 12.1 Å². The number of hydrogen-bond acceptors (Lipinski definition) is 6. The van der Waals surface area contributed by atoms with E-state index in [0.29, 0.717) is 19.3 Å². The summed E-state index contributed by atoms with van der Waals surface area (Å²) in [6, 6.07) is -0.620. The molecule has 310 valence electrons. The number of likely N-dealkylation sites (N-methyl/N-ethyl adjacent to an activating group) is 1. The molecule has 0 aliphatic carbocycles. The van der Waals surface area contributed by atoms with Crippen LogP contribution in [-0.4, -0.2) is 80.6 Å². The Bertz CT molecular complexity index is 1070. The maximum absolute atomic E-state index is 12.5. The quantitative estimate of drug-likeness (QED) is 0.0291. The van der Waals surface area contributed by atoms with Gasteiger partial charge in [-0.2, -0.15) is 0 Å². The maximum Gasteiger partial charge on any atom is 0.362 e. The summed E-state index contributed by atoms with van der Waals surface area (Å²) in [5, 5.41) is 9.58. The van der Waals surface area contributed by atoms with E-state index in [1.165, 1.54) is 64.2 Å². The molecule has 0 aliphatic rings. The Morgan fingerprint density at radius 3 is 1.63 bits per heavy atom. The Morgan fingerprint density at radius 2 is 1.07 bits per heavy atom. The molecule has 0 spiro atoms. The molecule has 8 heteroatoms. The van der Waals surface area contributed by atoms with Crippen LogP contribution in [0.5, 0.6) is 0 Å². The Labute approximate surface area is 330 Å². The molecular weight excluding hydrogens is 679 g/mol. The van der Waals surface area contributed by atoms with E-state index in [0.717, 1.165) is 57.8 Å². The van der Waals surface area contributed by atoms with E-state index in [9.17, 15) is 19.5 Å². The van der Waals surface area contributed by atoms with Gasteiger partial charge in [0.05, 0.1) is 34.4 Å². The van der Waals surface area contributed by atoms with Crippen LogP contribution in [0.1, 0.15) is 162 Å². The molecular formula is C46H80NO7+. The van der Waals surface area contributed by atoms with Gasteiger partial charge in [0.2, 0.25) is 0 Å². The molecule has 1 N–H and O–H groups in total. The molecule has 0 amide bonds. The molecule has 0 aromatic carbocycles. The van der Waals surface area contributed by atoms with Crippen LogP contribution < -0.4 is 0 Å². The first-order chi connectivity index (χ1) is 26.1. The summed E-state index contributed by atoms with van der Waals surface area (Å²) in [6.45, 7) is 4.50. The lowest BCUT2D eigenvalue weighted by Crippen LogP contribution is -2.50. The largest absolute Gasteiger partial charge is 0.477 e. The van der Waals surface area contributed by atoms with Gasteiger partial charge < -0.3 is 23.8 Å². The van der Waals surface area contributed by atoms with Crippen molar-refractivity contribution in [2.24, 2.45) is 0 Å². The van der Waals surface area contributed by atoms with Crippen LogP contribution >= 0.6 is 0 Å². The third-order valence-corrected chi connectivity index (χ3v) is 9.16. The van der Waals surface area contributed by atoms with E-state index in [1.807, 2.05) is 27.2 Å². The Balaban J connectivity index is 4.17. The number of carbonyl (C=O) groups excluding carboxylic acids is 2. The van der Waals surface area contributed by atoms with Crippen LogP contribution in [0.25, 0.3) is 0 Å². The summed E-state index contributed by atoms with van der Waals surface area (Å²) in [7, 11) is 5.50. The van der Waals surface area contributed by atoms with Gasteiger partial charge in [-0.1, -0.05) is 139 Å². The second-order valence-electron chi connectivity index (χ2n) is 15.2. The van der Waals surface area contributed by atoms with E-state index in [1.54, 1.807) is 0 Å². The number of aliphatic carboxylic acids is 1. The average Bonchev–Trinajstić information content (AvgIpc) is 3.12. The van der Waals surface area contributed by atoms with Crippen molar-refractivity contribution in [3.63, 3.8) is 0 Å². The van der Waals surface area contributed by atoms with Crippen molar-refractivity contribution < 1.29 is 38.2 Å². The van der Waals surface area contributed by atoms with Gasteiger partial charge in [-0.15, -0.1) is 0 Å². The fraction of sp³-hybridized carbons (Fsp3) is 0.717. The van der Waals surface area contributed by atoms with Crippen molar-refractivity contribution in [3.05, 3.63) is 60.8 Å². The number of hydrogen-bond donors (Lipinski definition) is 1. The van der Waals surface area contributed by atoms with Crippen molar-refractivity contribution >= 4 is 17.9 Å². The predicted molar refractivity (Wildman–Crippen MR) is 224 cm³/mol. The van der Waals surface area contributed by atoms with Gasteiger partial charge in [0.25, 0.3) is 0 Å². The molecule has 0 aromatic heterocycles. The fourth-order valence-corrected chi connectivity index (χ4v) is 5.86. The highest BCUT2D eigenvalue weighted by Gasteiger charge is 2.31. The van der Waals surface area contributed by atoms with Gasteiger partial charge in [-0.05, 0) is 64.2 Å². The van der Waals surface area contributed by atoms with E-state index >= 15 is 0 Å². The van der Waals surface area contributed by atoms with E-state index in [2.05, 4.69) is 68.5 Å². The number of allylic oxidation sites excluding steroid dienone is 10. The lowest BCUT2D eigenvalue weighted by Gasteiger charge is -2.31. The number of carboxylic acid groups (broad SMARTS) is 1. The molecule has 8 nitrogen and oxygen atoms in total. The summed E-state index contributed by atoms with van der Waals surface area (Å²) in [5.74, 6) is -1.55. The second-order valence-corrected chi connectivity index (χ2v) is 15.2. The lowest BCUT2D eigenvalue weighted by atomic mass is 10.1.